The van der Waals surface area contributed by atoms with E-state index in [4.69, 9.17) is 0 Å². The molecule has 0 bridgehead atoms. The van der Waals surface area contributed by atoms with Gasteiger partial charge in [0.05, 0.1) is 5.39 Å². The SMILES string of the molecule is O=c1nc2n(c3sc4c(c13)CCCC4)CCC2. The minimum Gasteiger partial charge on any atom is -0.321 e. The average Bonchev–Trinajstić information content (AvgIpc) is 2.91. The quantitative estimate of drug-likeness (QED) is 0.715. The van der Waals surface area contributed by atoms with E-state index in [2.05, 4.69) is 9.55 Å². The van der Waals surface area contributed by atoms with E-state index >= 15 is 0 Å². The van der Waals surface area contributed by atoms with Crippen LogP contribution in [0, 0.1) is 0 Å². The number of aromatic nitrogens is 2. The van der Waals surface area contributed by atoms with Gasteiger partial charge in [-0.3, -0.25) is 4.79 Å². The molecule has 0 amide bonds. The van der Waals surface area contributed by atoms with Crippen molar-refractivity contribution in [3.8, 4) is 0 Å². The van der Waals surface area contributed by atoms with Crippen molar-refractivity contribution in [1.29, 1.82) is 0 Å². The predicted octanol–water partition coefficient (Wildman–Crippen LogP) is 2.28. The summed E-state index contributed by atoms with van der Waals surface area (Å²) in [6.07, 6.45) is 6.82. The van der Waals surface area contributed by atoms with Crippen molar-refractivity contribution in [2.75, 3.05) is 0 Å². The van der Waals surface area contributed by atoms with Gasteiger partial charge >= 0.3 is 0 Å². The van der Waals surface area contributed by atoms with Crippen LogP contribution in [-0.4, -0.2) is 9.55 Å². The lowest BCUT2D eigenvalue weighted by atomic mass is 9.97. The van der Waals surface area contributed by atoms with Crippen molar-refractivity contribution >= 4 is 21.6 Å². The van der Waals surface area contributed by atoms with Gasteiger partial charge in [-0.1, -0.05) is 0 Å². The second kappa shape index (κ2) is 3.42. The van der Waals surface area contributed by atoms with Gasteiger partial charge in [0.25, 0.3) is 5.56 Å². The molecule has 0 spiro atoms. The van der Waals surface area contributed by atoms with E-state index in [1.165, 1.54) is 28.1 Å². The fourth-order valence-corrected chi connectivity index (χ4v) is 4.56. The van der Waals surface area contributed by atoms with Crippen molar-refractivity contribution in [3.05, 3.63) is 26.6 Å². The summed E-state index contributed by atoms with van der Waals surface area (Å²) in [7, 11) is 0. The van der Waals surface area contributed by atoms with Gasteiger partial charge in [0.1, 0.15) is 10.7 Å². The van der Waals surface area contributed by atoms with E-state index in [0.717, 1.165) is 43.4 Å². The zero-order valence-corrected chi connectivity index (χ0v) is 10.5. The summed E-state index contributed by atoms with van der Waals surface area (Å²) in [6.45, 7) is 1.04. The third kappa shape index (κ3) is 1.27. The van der Waals surface area contributed by atoms with Crippen LogP contribution in [0.1, 0.15) is 35.5 Å². The Bertz CT molecular complexity index is 668. The smallest absolute Gasteiger partial charge is 0.281 e. The normalized spacial score (nSPS) is 18.4. The summed E-state index contributed by atoms with van der Waals surface area (Å²) < 4.78 is 2.28. The molecule has 2 aromatic heterocycles. The van der Waals surface area contributed by atoms with Crippen molar-refractivity contribution < 1.29 is 0 Å². The monoisotopic (exact) mass is 246 g/mol. The summed E-state index contributed by atoms with van der Waals surface area (Å²) >= 11 is 1.84. The molecule has 88 valence electrons. The maximum absolute atomic E-state index is 12.2. The Morgan fingerprint density at radius 2 is 2.00 bits per heavy atom. The molecule has 0 radical (unpaired) electrons. The molecule has 0 saturated heterocycles. The zero-order valence-electron chi connectivity index (χ0n) is 9.66. The van der Waals surface area contributed by atoms with Crippen LogP contribution in [0.2, 0.25) is 0 Å². The van der Waals surface area contributed by atoms with E-state index < -0.39 is 0 Å². The highest BCUT2D eigenvalue weighted by Crippen LogP contribution is 2.35. The number of aryl methyl sites for hydroxylation is 4. The molecule has 0 N–H and O–H groups in total. The molecule has 17 heavy (non-hydrogen) atoms. The summed E-state index contributed by atoms with van der Waals surface area (Å²) in [5.41, 5.74) is 1.34. The third-order valence-electron chi connectivity index (χ3n) is 3.94. The number of nitrogens with zero attached hydrogens (tertiary/aromatic N) is 2. The van der Waals surface area contributed by atoms with Crippen molar-refractivity contribution in [2.45, 2.75) is 45.1 Å². The van der Waals surface area contributed by atoms with Gasteiger partial charge in [-0.05, 0) is 37.7 Å². The Hall–Kier alpha value is -1.16. The first-order valence-electron chi connectivity index (χ1n) is 6.38. The number of rotatable bonds is 0. The van der Waals surface area contributed by atoms with Crippen molar-refractivity contribution in [2.24, 2.45) is 0 Å². The van der Waals surface area contributed by atoms with E-state index in [1.54, 1.807) is 0 Å². The Kier molecular flexibility index (Phi) is 1.98. The Balaban J connectivity index is 2.15. The molecule has 4 heteroatoms. The molecule has 3 heterocycles. The number of thiophene rings is 1. The highest BCUT2D eigenvalue weighted by atomic mass is 32.1. The molecule has 0 unspecified atom stereocenters. The lowest BCUT2D eigenvalue weighted by Gasteiger charge is -2.09. The van der Waals surface area contributed by atoms with Crippen LogP contribution in [0.3, 0.4) is 0 Å². The van der Waals surface area contributed by atoms with Gasteiger partial charge in [0.15, 0.2) is 0 Å². The summed E-state index contributed by atoms with van der Waals surface area (Å²) in [6, 6.07) is 0. The summed E-state index contributed by atoms with van der Waals surface area (Å²) in [4.78, 5) is 19.1. The Morgan fingerprint density at radius 1 is 1.12 bits per heavy atom. The molecule has 4 rings (SSSR count). The maximum Gasteiger partial charge on any atom is 0.281 e. The van der Waals surface area contributed by atoms with Gasteiger partial charge in [-0.2, -0.15) is 4.98 Å². The van der Waals surface area contributed by atoms with Gasteiger partial charge in [0, 0.05) is 17.8 Å². The first-order chi connectivity index (χ1) is 8.34. The first-order valence-corrected chi connectivity index (χ1v) is 7.20. The molecule has 2 aliphatic rings. The van der Waals surface area contributed by atoms with Gasteiger partial charge in [-0.15, -0.1) is 11.3 Å². The summed E-state index contributed by atoms with van der Waals surface area (Å²) in [5.74, 6) is 1.00. The van der Waals surface area contributed by atoms with E-state index in [0.29, 0.717) is 0 Å². The second-order valence-corrected chi connectivity index (χ2v) is 6.06. The van der Waals surface area contributed by atoms with Crippen molar-refractivity contribution in [3.63, 3.8) is 0 Å². The standard InChI is InChI=1S/C13H14N2OS/c16-12-11-8-4-1-2-5-9(8)17-13(11)15-7-3-6-10(15)14-12/h1-7H2. The molecule has 0 aromatic carbocycles. The van der Waals surface area contributed by atoms with Crippen LogP contribution >= 0.6 is 11.3 Å². The minimum absolute atomic E-state index is 0.0209. The van der Waals surface area contributed by atoms with Gasteiger partial charge < -0.3 is 4.57 Å². The number of hydrogen-bond donors (Lipinski definition) is 0. The lowest BCUT2D eigenvalue weighted by Crippen LogP contribution is -2.14. The number of hydrogen-bond acceptors (Lipinski definition) is 3. The highest BCUT2D eigenvalue weighted by molar-refractivity contribution is 7.18. The molecule has 1 aliphatic heterocycles. The van der Waals surface area contributed by atoms with Gasteiger partial charge in [-0.25, -0.2) is 0 Å². The maximum atomic E-state index is 12.2. The van der Waals surface area contributed by atoms with E-state index in [-0.39, 0.29) is 5.56 Å². The third-order valence-corrected chi connectivity index (χ3v) is 5.25. The predicted molar refractivity (Wildman–Crippen MR) is 68.8 cm³/mol. The van der Waals surface area contributed by atoms with Crippen LogP contribution in [0.5, 0.6) is 0 Å². The molecule has 0 saturated carbocycles. The lowest BCUT2D eigenvalue weighted by molar-refractivity contribution is 0.699. The van der Waals surface area contributed by atoms with Crippen LogP contribution in [0.25, 0.3) is 10.2 Å². The molecule has 0 fully saturated rings. The molecular formula is C13H14N2OS. The zero-order chi connectivity index (χ0) is 11.4. The topological polar surface area (TPSA) is 34.9 Å². The second-order valence-electron chi connectivity index (χ2n) is 4.98. The van der Waals surface area contributed by atoms with Crippen LogP contribution in [-0.2, 0) is 25.8 Å². The Morgan fingerprint density at radius 3 is 2.94 bits per heavy atom. The average molecular weight is 246 g/mol. The van der Waals surface area contributed by atoms with E-state index in [1.807, 2.05) is 11.3 Å². The fraction of sp³-hybridized carbons (Fsp3) is 0.538. The Labute approximate surface area is 103 Å². The van der Waals surface area contributed by atoms with Gasteiger partial charge in [0.2, 0.25) is 0 Å². The fourth-order valence-electron chi connectivity index (χ4n) is 3.13. The minimum atomic E-state index is 0.0209. The molecule has 2 aromatic rings. The van der Waals surface area contributed by atoms with E-state index in [9.17, 15) is 4.79 Å². The largest absolute Gasteiger partial charge is 0.321 e. The highest BCUT2D eigenvalue weighted by Gasteiger charge is 2.23. The van der Waals surface area contributed by atoms with Crippen LogP contribution in [0.15, 0.2) is 4.79 Å². The molecule has 1 aliphatic carbocycles. The molecular weight excluding hydrogens is 232 g/mol. The molecule has 0 atom stereocenters. The first kappa shape index (κ1) is 9.83. The van der Waals surface area contributed by atoms with Crippen LogP contribution < -0.4 is 5.56 Å². The van der Waals surface area contributed by atoms with Crippen molar-refractivity contribution in [1.82, 2.24) is 9.55 Å². The summed E-state index contributed by atoms with van der Waals surface area (Å²) in [5, 5.41) is 0.940. The van der Waals surface area contributed by atoms with Crippen LogP contribution in [0.4, 0.5) is 0 Å². The number of fused-ring (bicyclic) bond motifs is 5. The molecule has 3 nitrogen and oxygen atoms in total.